The van der Waals surface area contributed by atoms with Crippen LogP contribution >= 0.6 is 0 Å². The van der Waals surface area contributed by atoms with Gasteiger partial charge in [0.15, 0.2) is 17.5 Å². The molecule has 2 aliphatic rings. The molecular weight excluding hydrogens is 701 g/mol. The minimum absolute atomic E-state index is 0.0656. The van der Waals surface area contributed by atoms with Gasteiger partial charge in [0, 0.05) is 50.1 Å². The second-order valence-electron chi connectivity index (χ2n) is 14.7. The van der Waals surface area contributed by atoms with E-state index in [1.165, 1.54) is 27.9 Å². The molecule has 0 N–H and O–H groups in total. The summed E-state index contributed by atoms with van der Waals surface area (Å²) in [5.74, 6) is 2.63. The lowest BCUT2D eigenvalue weighted by molar-refractivity contribution is 0.584. The van der Waals surface area contributed by atoms with Gasteiger partial charge in [0.1, 0.15) is 22.5 Å². The molecule has 0 spiro atoms. The highest BCUT2D eigenvalue weighted by atomic mass is 16.3. The van der Waals surface area contributed by atoms with E-state index in [-0.39, 0.29) is 12.0 Å². The van der Waals surface area contributed by atoms with Crippen LogP contribution in [0.5, 0.6) is 0 Å². The van der Waals surface area contributed by atoms with E-state index in [0.29, 0.717) is 17.5 Å². The predicted molar refractivity (Wildman–Crippen MR) is 228 cm³/mol. The number of fused-ring (bicyclic) bond motifs is 10. The highest BCUT2D eigenvalue weighted by molar-refractivity contribution is 6.06. The second kappa shape index (κ2) is 12.5. The standard InChI is InChI=1S/C51H32N4O2/c1-3-12-31(13-4-1)32-22-25-35(26-23-32)55-41-20-9-7-17-38(41)46-42(55)28-29-44-47(46)39-18-11-19-40(48(39)57-44)51-53-49(33-14-5-2-6-15-33)52-50(54-51)34-24-27-37-36-16-8-10-21-43(36)56-45(37)30-34/h1-30,42,46H. The van der Waals surface area contributed by atoms with Crippen LogP contribution in [0.2, 0.25) is 0 Å². The van der Waals surface area contributed by atoms with E-state index < -0.39 is 0 Å². The van der Waals surface area contributed by atoms with E-state index >= 15 is 0 Å². The van der Waals surface area contributed by atoms with Crippen molar-refractivity contribution in [2.24, 2.45) is 0 Å². The van der Waals surface area contributed by atoms with E-state index in [4.69, 9.17) is 23.8 Å². The Balaban J connectivity index is 0.988. The smallest absolute Gasteiger partial charge is 0.167 e. The van der Waals surface area contributed by atoms with Gasteiger partial charge in [-0.15, -0.1) is 0 Å². The Morgan fingerprint density at radius 1 is 0.474 bits per heavy atom. The molecule has 7 aromatic carbocycles. The maximum absolute atomic E-state index is 6.87. The molecule has 2 atom stereocenters. The average molecular weight is 733 g/mol. The molecule has 1 aliphatic heterocycles. The summed E-state index contributed by atoms with van der Waals surface area (Å²) in [6, 6.07) is 59.0. The van der Waals surface area contributed by atoms with Gasteiger partial charge < -0.3 is 13.7 Å². The van der Waals surface area contributed by atoms with E-state index in [1.54, 1.807) is 0 Å². The summed E-state index contributed by atoms with van der Waals surface area (Å²) in [4.78, 5) is 17.7. The van der Waals surface area contributed by atoms with Crippen molar-refractivity contribution >= 4 is 50.4 Å². The minimum Gasteiger partial charge on any atom is -0.456 e. The van der Waals surface area contributed by atoms with Crippen LogP contribution in [-0.2, 0) is 0 Å². The molecule has 0 fully saturated rings. The summed E-state index contributed by atoms with van der Waals surface area (Å²) in [6.07, 6.45) is 4.44. The van der Waals surface area contributed by atoms with Crippen molar-refractivity contribution < 1.29 is 8.83 Å². The lowest BCUT2D eigenvalue weighted by Gasteiger charge is -2.30. The molecule has 0 saturated carbocycles. The fourth-order valence-electron chi connectivity index (χ4n) is 8.91. The molecule has 0 amide bonds. The van der Waals surface area contributed by atoms with Gasteiger partial charge in [-0.05, 0) is 65.2 Å². The number of furan rings is 2. The predicted octanol–water partition coefficient (Wildman–Crippen LogP) is 12.9. The first-order chi connectivity index (χ1) is 28.2. The molecule has 12 rings (SSSR count). The van der Waals surface area contributed by atoms with Crippen LogP contribution in [0, 0.1) is 0 Å². The normalized spacial score (nSPS) is 15.6. The molecule has 0 bridgehead atoms. The zero-order chi connectivity index (χ0) is 37.5. The zero-order valence-corrected chi connectivity index (χ0v) is 30.6. The molecule has 268 valence electrons. The number of hydrogen-bond acceptors (Lipinski definition) is 6. The molecule has 4 heterocycles. The molecule has 0 saturated heterocycles. The summed E-state index contributed by atoms with van der Waals surface area (Å²) in [5, 5.41) is 3.20. The Morgan fingerprint density at radius 3 is 1.96 bits per heavy atom. The van der Waals surface area contributed by atoms with Crippen LogP contribution < -0.4 is 4.90 Å². The van der Waals surface area contributed by atoms with Crippen LogP contribution in [0.3, 0.4) is 0 Å². The molecule has 10 aromatic rings. The second-order valence-corrected chi connectivity index (χ2v) is 14.7. The summed E-state index contributed by atoms with van der Waals surface area (Å²) in [6.45, 7) is 0. The molecule has 6 heteroatoms. The van der Waals surface area contributed by atoms with Crippen LogP contribution in [-0.4, -0.2) is 21.0 Å². The lowest BCUT2D eigenvalue weighted by atomic mass is 9.82. The molecule has 57 heavy (non-hydrogen) atoms. The topological polar surface area (TPSA) is 68.2 Å². The van der Waals surface area contributed by atoms with Gasteiger partial charge in [0.25, 0.3) is 0 Å². The van der Waals surface area contributed by atoms with E-state index in [2.05, 4.69) is 132 Å². The van der Waals surface area contributed by atoms with Crippen molar-refractivity contribution in [2.45, 2.75) is 12.0 Å². The quantitative estimate of drug-likeness (QED) is 0.175. The summed E-state index contributed by atoms with van der Waals surface area (Å²) in [5.41, 5.74) is 12.2. The highest BCUT2D eigenvalue weighted by Crippen LogP contribution is 2.54. The largest absolute Gasteiger partial charge is 0.456 e. The van der Waals surface area contributed by atoms with E-state index in [1.807, 2.05) is 54.6 Å². The van der Waals surface area contributed by atoms with Gasteiger partial charge in [-0.25, -0.2) is 15.0 Å². The van der Waals surface area contributed by atoms with Crippen LogP contribution in [0.15, 0.2) is 185 Å². The number of nitrogens with zero attached hydrogens (tertiary/aromatic N) is 4. The van der Waals surface area contributed by atoms with Crippen LogP contribution in [0.4, 0.5) is 11.4 Å². The molecule has 0 radical (unpaired) electrons. The Bertz CT molecular complexity index is 3200. The molecular formula is C51H32N4O2. The molecule has 2 unspecified atom stereocenters. The molecule has 3 aromatic heterocycles. The van der Waals surface area contributed by atoms with Crippen molar-refractivity contribution in [1.82, 2.24) is 15.0 Å². The first-order valence-electron chi connectivity index (χ1n) is 19.3. The van der Waals surface area contributed by atoms with Crippen molar-refractivity contribution in [3.63, 3.8) is 0 Å². The van der Waals surface area contributed by atoms with Crippen molar-refractivity contribution in [3.05, 3.63) is 193 Å². The Hall–Kier alpha value is -7.57. The average Bonchev–Trinajstić information content (AvgIpc) is 3.96. The highest BCUT2D eigenvalue weighted by Gasteiger charge is 2.43. The van der Waals surface area contributed by atoms with E-state index in [9.17, 15) is 0 Å². The monoisotopic (exact) mass is 732 g/mol. The minimum atomic E-state index is 0.0656. The number of aromatic nitrogens is 3. The summed E-state index contributed by atoms with van der Waals surface area (Å²) < 4.78 is 13.1. The van der Waals surface area contributed by atoms with Crippen LogP contribution in [0.25, 0.3) is 84.3 Å². The number of anilines is 2. The van der Waals surface area contributed by atoms with E-state index in [0.717, 1.165) is 61.0 Å². The van der Waals surface area contributed by atoms with Gasteiger partial charge in [0.05, 0.1) is 11.6 Å². The van der Waals surface area contributed by atoms with Gasteiger partial charge in [0.2, 0.25) is 0 Å². The lowest BCUT2D eigenvalue weighted by Crippen LogP contribution is -2.30. The SMILES string of the molecule is C1=CC2C(c3ccccc3N2c2ccc(-c3ccccc3)cc2)c2c1oc1c(-c3nc(-c4ccccc4)nc(-c4ccc5c(c4)oc4ccccc45)n3)cccc21. The Kier molecular flexibility index (Phi) is 6.95. The maximum Gasteiger partial charge on any atom is 0.167 e. The zero-order valence-electron chi connectivity index (χ0n) is 30.6. The first kappa shape index (κ1) is 31.7. The number of para-hydroxylation sites is 3. The molecule has 6 nitrogen and oxygen atoms in total. The van der Waals surface area contributed by atoms with Crippen molar-refractivity contribution in [3.8, 4) is 45.3 Å². The van der Waals surface area contributed by atoms with Crippen LogP contribution in [0.1, 0.15) is 22.8 Å². The first-order valence-corrected chi connectivity index (χ1v) is 19.3. The van der Waals surface area contributed by atoms with Crippen molar-refractivity contribution in [1.29, 1.82) is 0 Å². The number of hydrogen-bond donors (Lipinski definition) is 0. The van der Waals surface area contributed by atoms with Gasteiger partial charge in [-0.2, -0.15) is 0 Å². The third kappa shape index (κ3) is 5.00. The Labute approximate surface area is 328 Å². The summed E-state index contributed by atoms with van der Waals surface area (Å²) >= 11 is 0. The fourth-order valence-corrected chi connectivity index (χ4v) is 8.91. The summed E-state index contributed by atoms with van der Waals surface area (Å²) in [7, 11) is 0. The van der Waals surface area contributed by atoms with Crippen molar-refractivity contribution in [2.75, 3.05) is 4.90 Å². The van der Waals surface area contributed by atoms with Gasteiger partial charge >= 0.3 is 0 Å². The van der Waals surface area contributed by atoms with Gasteiger partial charge in [-0.3, -0.25) is 0 Å². The number of rotatable bonds is 5. The third-order valence-corrected chi connectivity index (χ3v) is 11.5. The Morgan fingerprint density at radius 2 is 1.12 bits per heavy atom. The third-order valence-electron chi connectivity index (χ3n) is 11.5. The number of benzene rings is 7. The molecule has 1 aliphatic carbocycles. The fraction of sp³-hybridized carbons (Fsp3) is 0.0392. The van der Waals surface area contributed by atoms with Gasteiger partial charge in [-0.1, -0.05) is 133 Å². The maximum atomic E-state index is 6.87.